The standard InChI is InChI=1S/C16H27BrN2/c1-4-6-12-7-8-16(17)13(9-12)10-15-11-14(5-2)18-19(15)3/h11-13,16H,4-10H2,1-3H3. The SMILES string of the molecule is CCCC1CCC(Br)C(Cc2cc(CC)nn2C)C1. The predicted molar refractivity (Wildman–Crippen MR) is 84.7 cm³/mol. The molecule has 0 saturated heterocycles. The molecule has 3 atom stereocenters. The van der Waals surface area contributed by atoms with Crippen molar-refractivity contribution in [2.24, 2.45) is 18.9 Å². The fourth-order valence-corrected chi connectivity index (χ4v) is 4.08. The third kappa shape index (κ3) is 3.84. The first-order valence-electron chi connectivity index (χ1n) is 7.79. The van der Waals surface area contributed by atoms with Gasteiger partial charge in [-0.1, -0.05) is 42.6 Å². The minimum absolute atomic E-state index is 0.695. The number of halogens is 1. The second-order valence-electron chi connectivity index (χ2n) is 6.05. The zero-order valence-electron chi connectivity index (χ0n) is 12.5. The highest BCUT2D eigenvalue weighted by atomic mass is 79.9. The Balaban J connectivity index is 2.01. The van der Waals surface area contributed by atoms with Crippen molar-refractivity contribution in [2.45, 2.75) is 63.6 Å². The molecule has 1 fully saturated rings. The normalized spacial score (nSPS) is 27.7. The van der Waals surface area contributed by atoms with Gasteiger partial charge in [0.25, 0.3) is 0 Å². The fraction of sp³-hybridized carbons (Fsp3) is 0.812. The van der Waals surface area contributed by atoms with E-state index in [0.717, 1.165) is 18.3 Å². The van der Waals surface area contributed by atoms with Gasteiger partial charge >= 0.3 is 0 Å². The molecule has 19 heavy (non-hydrogen) atoms. The van der Waals surface area contributed by atoms with Crippen molar-refractivity contribution >= 4 is 15.9 Å². The van der Waals surface area contributed by atoms with E-state index < -0.39 is 0 Å². The van der Waals surface area contributed by atoms with E-state index in [4.69, 9.17) is 0 Å². The number of hydrogen-bond donors (Lipinski definition) is 0. The Hall–Kier alpha value is -0.310. The van der Waals surface area contributed by atoms with Crippen molar-refractivity contribution in [2.75, 3.05) is 0 Å². The Kier molecular flexibility index (Phi) is 5.49. The summed E-state index contributed by atoms with van der Waals surface area (Å²) in [6.07, 6.45) is 9.09. The van der Waals surface area contributed by atoms with E-state index in [0.29, 0.717) is 4.83 Å². The maximum Gasteiger partial charge on any atom is 0.0624 e. The molecule has 1 aliphatic carbocycles. The summed E-state index contributed by atoms with van der Waals surface area (Å²) >= 11 is 3.91. The molecule has 0 radical (unpaired) electrons. The first-order chi connectivity index (χ1) is 9.13. The first kappa shape index (κ1) is 15.1. The average molecular weight is 327 g/mol. The van der Waals surface area contributed by atoms with Gasteiger partial charge in [0.1, 0.15) is 0 Å². The molecular formula is C16H27BrN2. The number of aryl methyl sites for hydroxylation is 2. The molecule has 1 aromatic heterocycles. The Morgan fingerprint density at radius 1 is 1.37 bits per heavy atom. The molecular weight excluding hydrogens is 300 g/mol. The van der Waals surface area contributed by atoms with Crippen LogP contribution in [-0.2, 0) is 19.9 Å². The van der Waals surface area contributed by atoms with Gasteiger partial charge in [0, 0.05) is 17.6 Å². The Labute approximate surface area is 126 Å². The van der Waals surface area contributed by atoms with Crippen LogP contribution in [0.25, 0.3) is 0 Å². The molecule has 0 amide bonds. The number of alkyl halides is 1. The first-order valence-corrected chi connectivity index (χ1v) is 8.71. The van der Waals surface area contributed by atoms with E-state index in [1.807, 2.05) is 0 Å². The van der Waals surface area contributed by atoms with Gasteiger partial charge in [-0.2, -0.15) is 5.10 Å². The van der Waals surface area contributed by atoms with E-state index in [1.54, 1.807) is 0 Å². The average Bonchev–Trinajstić information content (AvgIpc) is 2.75. The molecule has 3 unspecified atom stereocenters. The van der Waals surface area contributed by atoms with E-state index in [9.17, 15) is 0 Å². The van der Waals surface area contributed by atoms with Gasteiger partial charge in [0.15, 0.2) is 0 Å². The van der Waals surface area contributed by atoms with Crippen molar-refractivity contribution in [1.82, 2.24) is 9.78 Å². The van der Waals surface area contributed by atoms with Crippen LogP contribution in [0, 0.1) is 11.8 Å². The number of aromatic nitrogens is 2. The van der Waals surface area contributed by atoms with E-state index >= 15 is 0 Å². The van der Waals surface area contributed by atoms with Crippen molar-refractivity contribution in [1.29, 1.82) is 0 Å². The maximum atomic E-state index is 4.58. The molecule has 0 spiro atoms. The molecule has 2 rings (SSSR count). The van der Waals surface area contributed by atoms with Crippen molar-refractivity contribution in [3.63, 3.8) is 0 Å². The van der Waals surface area contributed by atoms with Crippen LogP contribution in [0.15, 0.2) is 6.07 Å². The summed E-state index contributed by atoms with van der Waals surface area (Å²) < 4.78 is 2.09. The maximum absolute atomic E-state index is 4.58. The fourth-order valence-electron chi connectivity index (χ4n) is 3.41. The lowest BCUT2D eigenvalue weighted by molar-refractivity contribution is 0.260. The lowest BCUT2D eigenvalue weighted by Crippen LogP contribution is -2.27. The topological polar surface area (TPSA) is 17.8 Å². The molecule has 3 heteroatoms. The second kappa shape index (κ2) is 6.92. The summed E-state index contributed by atoms with van der Waals surface area (Å²) in [7, 11) is 2.09. The van der Waals surface area contributed by atoms with Gasteiger partial charge < -0.3 is 0 Å². The molecule has 108 valence electrons. The summed E-state index contributed by atoms with van der Waals surface area (Å²) in [5.74, 6) is 1.73. The molecule has 1 saturated carbocycles. The zero-order valence-corrected chi connectivity index (χ0v) is 14.1. The summed E-state index contributed by atoms with van der Waals surface area (Å²) in [6, 6.07) is 2.29. The molecule has 1 aromatic rings. The van der Waals surface area contributed by atoms with Crippen LogP contribution in [0.5, 0.6) is 0 Å². The third-order valence-corrected chi connectivity index (χ3v) is 5.76. The van der Waals surface area contributed by atoms with Crippen molar-refractivity contribution < 1.29 is 0 Å². The zero-order chi connectivity index (χ0) is 13.8. The van der Waals surface area contributed by atoms with Crippen molar-refractivity contribution in [3.8, 4) is 0 Å². The third-order valence-electron chi connectivity index (χ3n) is 4.56. The van der Waals surface area contributed by atoms with Crippen LogP contribution < -0.4 is 0 Å². The predicted octanol–water partition coefficient (Wildman–Crippen LogP) is 4.50. The van der Waals surface area contributed by atoms with Gasteiger partial charge in [-0.25, -0.2) is 0 Å². The number of hydrogen-bond acceptors (Lipinski definition) is 1. The lowest BCUT2D eigenvalue weighted by Gasteiger charge is -2.33. The minimum Gasteiger partial charge on any atom is -0.272 e. The quantitative estimate of drug-likeness (QED) is 0.728. The van der Waals surface area contributed by atoms with Gasteiger partial charge in [-0.05, 0) is 50.0 Å². The number of rotatable bonds is 5. The monoisotopic (exact) mass is 326 g/mol. The Morgan fingerprint density at radius 3 is 2.79 bits per heavy atom. The Morgan fingerprint density at radius 2 is 2.16 bits per heavy atom. The summed E-state index contributed by atoms with van der Waals surface area (Å²) in [4.78, 5) is 0.695. The minimum atomic E-state index is 0.695. The highest BCUT2D eigenvalue weighted by molar-refractivity contribution is 9.09. The van der Waals surface area contributed by atoms with E-state index in [-0.39, 0.29) is 0 Å². The summed E-state index contributed by atoms with van der Waals surface area (Å²) in [5, 5.41) is 4.58. The highest BCUT2D eigenvalue weighted by Gasteiger charge is 2.29. The molecule has 2 nitrogen and oxygen atoms in total. The van der Waals surface area contributed by atoms with Crippen LogP contribution in [0.1, 0.15) is 57.3 Å². The highest BCUT2D eigenvalue weighted by Crippen LogP contribution is 2.37. The van der Waals surface area contributed by atoms with Gasteiger partial charge in [0.2, 0.25) is 0 Å². The molecule has 1 aliphatic rings. The van der Waals surface area contributed by atoms with E-state index in [1.165, 1.54) is 49.9 Å². The largest absolute Gasteiger partial charge is 0.272 e. The second-order valence-corrected chi connectivity index (χ2v) is 7.23. The van der Waals surface area contributed by atoms with Crippen LogP contribution in [0.4, 0.5) is 0 Å². The smallest absolute Gasteiger partial charge is 0.0624 e. The van der Waals surface area contributed by atoms with Crippen LogP contribution in [0.2, 0.25) is 0 Å². The van der Waals surface area contributed by atoms with Gasteiger partial charge in [-0.3, -0.25) is 4.68 Å². The molecule has 0 N–H and O–H groups in total. The van der Waals surface area contributed by atoms with Crippen LogP contribution in [0.3, 0.4) is 0 Å². The van der Waals surface area contributed by atoms with Gasteiger partial charge in [0.05, 0.1) is 5.69 Å². The van der Waals surface area contributed by atoms with E-state index in [2.05, 4.69) is 52.7 Å². The van der Waals surface area contributed by atoms with Crippen molar-refractivity contribution in [3.05, 3.63) is 17.5 Å². The van der Waals surface area contributed by atoms with Gasteiger partial charge in [-0.15, -0.1) is 0 Å². The van der Waals surface area contributed by atoms with Crippen LogP contribution >= 0.6 is 15.9 Å². The molecule has 1 heterocycles. The Bertz CT molecular complexity index is 399. The lowest BCUT2D eigenvalue weighted by atomic mass is 9.77. The number of nitrogens with zero attached hydrogens (tertiary/aromatic N) is 2. The summed E-state index contributed by atoms with van der Waals surface area (Å²) in [5.41, 5.74) is 2.63. The summed E-state index contributed by atoms with van der Waals surface area (Å²) in [6.45, 7) is 4.49. The molecule has 0 aliphatic heterocycles. The van der Waals surface area contributed by atoms with Crippen LogP contribution in [-0.4, -0.2) is 14.6 Å². The molecule has 0 aromatic carbocycles. The molecule has 0 bridgehead atoms.